The molecule has 7 nitrogen and oxygen atoms in total. The molecule has 0 aromatic heterocycles. The number of amides is 3. The molecule has 102 valence electrons. The summed E-state index contributed by atoms with van der Waals surface area (Å²) >= 11 is 1.94. The van der Waals surface area contributed by atoms with E-state index in [2.05, 4.69) is 10.6 Å². The minimum absolute atomic E-state index is 0.0603. The molecule has 1 atom stereocenters. The number of anilines is 1. The maximum Gasteiger partial charge on any atom is 0.335 e. The molecule has 0 saturated heterocycles. The van der Waals surface area contributed by atoms with Crippen LogP contribution in [-0.4, -0.2) is 29.1 Å². The van der Waals surface area contributed by atoms with Gasteiger partial charge < -0.3 is 21.5 Å². The van der Waals surface area contributed by atoms with Crippen LogP contribution in [0.4, 0.5) is 10.5 Å². The lowest BCUT2D eigenvalue weighted by Gasteiger charge is -2.12. The third-order valence-electron chi connectivity index (χ3n) is 2.18. The lowest BCUT2D eigenvalue weighted by molar-refractivity contribution is -0.119. The largest absolute Gasteiger partial charge is 0.478 e. The number of benzene rings is 1. The average molecular weight is 377 g/mol. The highest BCUT2D eigenvalue weighted by Gasteiger charge is 2.13. The molecule has 0 fully saturated rings. The molecule has 19 heavy (non-hydrogen) atoms. The van der Waals surface area contributed by atoms with Crippen molar-refractivity contribution in [2.75, 3.05) is 5.32 Å². The predicted octanol–water partition coefficient (Wildman–Crippen LogP) is 0.985. The molecular formula is C11H12IN3O4. The Morgan fingerprint density at radius 1 is 1.32 bits per heavy atom. The number of rotatable bonds is 4. The van der Waals surface area contributed by atoms with Gasteiger partial charge in [0.25, 0.3) is 0 Å². The minimum Gasteiger partial charge on any atom is -0.478 e. The van der Waals surface area contributed by atoms with E-state index in [1.165, 1.54) is 19.1 Å². The number of halogens is 1. The third-order valence-corrected chi connectivity index (χ3v) is 2.80. The van der Waals surface area contributed by atoms with Gasteiger partial charge in [-0.1, -0.05) is 0 Å². The smallest absolute Gasteiger partial charge is 0.335 e. The SMILES string of the molecule is CC(NC(=O)Nc1cc(I)cc(C(=O)O)c1)C(N)=O. The van der Waals surface area contributed by atoms with E-state index in [-0.39, 0.29) is 5.56 Å². The molecule has 1 rings (SSSR count). The Kier molecular flexibility index (Phi) is 5.10. The van der Waals surface area contributed by atoms with Gasteiger partial charge in [0, 0.05) is 9.26 Å². The van der Waals surface area contributed by atoms with Crippen LogP contribution in [0.15, 0.2) is 18.2 Å². The zero-order valence-corrected chi connectivity index (χ0v) is 12.1. The Balaban J connectivity index is 2.79. The van der Waals surface area contributed by atoms with Crippen molar-refractivity contribution in [2.24, 2.45) is 5.73 Å². The fraction of sp³-hybridized carbons (Fsp3) is 0.182. The first-order chi connectivity index (χ1) is 8.79. The number of primary amides is 1. The molecule has 0 saturated carbocycles. The van der Waals surface area contributed by atoms with Gasteiger partial charge in [-0.2, -0.15) is 0 Å². The predicted molar refractivity (Wildman–Crippen MR) is 76.9 cm³/mol. The number of carbonyl (C=O) groups is 3. The minimum atomic E-state index is -1.09. The van der Waals surface area contributed by atoms with Crippen molar-refractivity contribution in [1.82, 2.24) is 5.32 Å². The Morgan fingerprint density at radius 2 is 1.95 bits per heavy atom. The Labute approximate surface area is 122 Å². The van der Waals surface area contributed by atoms with Crippen LogP contribution < -0.4 is 16.4 Å². The van der Waals surface area contributed by atoms with Crippen LogP contribution in [0.25, 0.3) is 0 Å². The standard InChI is InChI=1S/C11H12IN3O4/c1-5(9(13)16)14-11(19)15-8-3-6(10(17)18)2-7(12)4-8/h2-5H,1H3,(H2,13,16)(H,17,18)(H2,14,15,19). The fourth-order valence-corrected chi connectivity index (χ4v) is 1.89. The van der Waals surface area contributed by atoms with E-state index in [1.807, 2.05) is 22.6 Å². The summed E-state index contributed by atoms with van der Waals surface area (Å²) in [4.78, 5) is 33.2. The quantitative estimate of drug-likeness (QED) is 0.585. The number of hydrogen-bond donors (Lipinski definition) is 4. The second-order valence-electron chi connectivity index (χ2n) is 3.76. The second kappa shape index (κ2) is 6.36. The molecule has 3 amide bonds. The van der Waals surface area contributed by atoms with Crippen LogP contribution in [0.2, 0.25) is 0 Å². The van der Waals surface area contributed by atoms with Crippen molar-refractivity contribution in [3.8, 4) is 0 Å². The Morgan fingerprint density at radius 3 is 2.47 bits per heavy atom. The van der Waals surface area contributed by atoms with Crippen molar-refractivity contribution in [3.05, 3.63) is 27.3 Å². The van der Waals surface area contributed by atoms with Gasteiger partial charge in [0.2, 0.25) is 5.91 Å². The lowest BCUT2D eigenvalue weighted by atomic mass is 10.2. The van der Waals surface area contributed by atoms with Crippen molar-refractivity contribution >= 4 is 46.2 Å². The number of urea groups is 1. The van der Waals surface area contributed by atoms with Crippen LogP contribution in [0.5, 0.6) is 0 Å². The number of carbonyl (C=O) groups excluding carboxylic acids is 2. The molecule has 0 aliphatic rings. The number of nitrogens with one attached hydrogen (secondary N) is 2. The van der Waals surface area contributed by atoms with E-state index in [0.717, 1.165) is 0 Å². The van der Waals surface area contributed by atoms with Crippen LogP contribution in [0.3, 0.4) is 0 Å². The van der Waals surface area contributed by atoms with Crippen molar-refractivity contribution < 1.29 is 19.5 Å². The maximum atomic E-state index is 11.5. The van der Waals surface area contributed by atoms with Crippen molar-refractivity contribution in [2.45, 2.75) is 13.0 Å². The summed E-state index contributed by atoms with van der Waals surface area (Å²) in [6.45, 7) is 1.44. The molecule has 0 heterocycles. The van der Waals surface area contributed by atoms with Gasteiger partial charge in [0.1, 0.15) is 6.04 Å². The van der Waals surface area contributed by atoms with E-state index >= 15 is 0 Å². The number of nitrogens with two attached hydrogens (primary N) is 1. The number of hydrogen-bond acceptors (Lipinski definition) is 3. The summed E-state index contributed by atoms with van der Waals surface area (Å²) in [7, 11) is 0. The highest BCUT2D eigenvalue weighted by molar-refractivity contribution is 14.1. The van der Waals surface area contributed by atoms with E-state index in [9.17, 15) is 14.4 Å². The summed E-state index contributed by atoms with van der Waals surface area (Å²) in [6, 6.07) is 2.93. The highest BCUT2D eigenvalue weighted by atomic mass is 127. The number of carboxylic acid groups (broad SMARTS) is 1. The van der Waals surface area contributed by atoms with Crippen LogP contribution in [-0.2, 0) is 4.79 Å². The molecule has 0 aliphatic heterocycles. The zero-order valence-electron chi connectivity index (χ0n) is 9.94. The molecule has 1 aromatic carbocycles. The maximum absolute atomic E-state index is 11.5. The first-order valence-electron chi connectivity index (χ1n) is 5.20. The molecule has 0 bridgehead atoms. The Hall–Kier alpha value is -1.84. The summed E-state index contributed by atoms with van der Waals surface area (Å²) in [6.07, 6.45) is 0. The molecule has 5 N–H and O–H groups in total. The summed E-state index contributed by atoms with van der Waals surface area (Å²) in [5.41, 5.74) is 5.38. The fourth-order valence-electron chi connectivity index (χ4n) is 1.22. The summed E-state index contributed by atoms with van der Waals surface area (Å²) in [5.74, 6) is -1.75. The first-order valence-corrected chi connectivity index (χ1v) is 6.28. The number of aromatic carboxylic acids is 1. The van der Waals surface area contributed by atoms with Gasteiger partial charge in [-0.25, -0.2) is 9.59 Å². The van der Waals surface area contributed by atoms with Gasteiger partial charge in [0.15, 0.2) is 0 Å². The van der Waals surface area contributed by atoms with Gasteiger partial charge in [-0.15, -0.1) is 0 Å². The van der Waals surface area contributed by atoms with E-state index in [1.54, 1.807) is 6.07 Å². The topological polar surface area (TPSA) is 122 Å². The monoisotopic (exact) mass is 377 g/mol. The molecule has 8 heteroatoms. The molecule has 0 radical (unpaired) electrons. The Bertz CT molecular complexity index is 533. The summed E-state index contributed by atoms with van der Waals surface area (Å²) in [5, 5.41) is 13.7. The third kappa shape index (κ3) is 4.73. The second-order valence-corrected chi connectivity index (χ2v) is 5.00. The molecular weight excluding hydrogens is 365 g/mol. The van der Waals surface area contributed by atoms with Crippen molar-refractivity contribution in [1.29, 1.82) is 0 Å². The molecule has 0 aliphatic carbocycles. The van der Waals surface area contributed by atoms with Crippen LogP contribution >= 0.6 is 22.6 Å². The van der Waals surface area contributed by atoms with E-state index < -0.39 is 23.9 Å². The normalized spacial score (nSPS) is 11.5. The van der Waals surface area contributed by atoms with Gasteiger partial charge >= 0.3 is 12.0 Å². The average Bonchev–Trinajstić information content (AvgIpc) is 2.27. The first kappa shape index (κ1) is 15.2. The van der Waals surface area contributed by atoms with Gasteiger partial charge in [-0.05, 0) is 47.7 Å². The highest BCUT2D eigenvalue weighted by Crippen LogP contribution is 2.16. The van der Waals surface area contributed by atoms with Crippen LogP contribution in [0.1, 0.15) is 17.3 Å². The molecule has 0 spiro atoms. The van der Waals surface area contributed by atoms with E-state index in [4.69, 9.17) is 10.8 Å². The summed E-state index contributed by atoms with van der Waals surface area (Å²) < 4.78 is 0.663. The van der Waals surface area contributed by atoms with Gasteiger partial charge in [-0.3, -0.25) is 4.79 Å². The zero-order chi connectivity index (χ0) is 14.6. The number of carboxylic acids is 1. The molecule has 1 unspecified atom stereocenters. The van der Waals surface area contributed by atoms with Crippen LogP contribution in [0, 0.1) is 3.57 Å². The lowest BCUT2D eigenvalue weighted by Crippen LogP contribution is -2.44. The van der Waals surface area contributed by atoms with Gasteiger partial charge in [0.05, 0.1) is 5.56 Å². The van der Waals surface area contributed by atoms with Crippen molar-refractivity contribution in [3.63, 3.8) is 0 Å². The molecule has 1 aromatic rings. The van der Waals surface area contributed by atoms with E-state index in [0.29, 0.717) is 9.26 Å².